The van der Waals surface area contributed by atoms with Crippen LogP contribution in [-0.2, 0) is 6.18 Å². The molecule has 1 aromatic carbocycles. The van der Waals surface area contributed by atoms with Gasteiger partial charge in [-0.25, -0.2) is 9.37 Å². The number of piperidine rings is 1. The Morgan fingerprint density at radius 2 is 1.75 bits per heavy atom. The van der Waals surface area contributed by atoms with Crippen LogP contribution in [0.5, 0.6) is 5.75 Å². The molecule has 6 nitrogen and oxygen atoms in total. The minimum Gasteiger partial charge on any atom is -0.490 e. The zero-order valence-corrected chi connectivity index (χ0v) is 14.9. The van der Waals surface area contributed by atoms with Crippen LogP contribution in [-0.4, -0.2) is 38.8 Å². The van der Waals surface area contributed by atoms with Crippen LogP contribution < -0.4 is 9.64 Å². The van der Waals surface area contributed by atoms with E-state index in [2.05, 4.69) is 15.1 Å². The second kappa shape index (κ2) is 6.92. The monoisotopic (exact) mass is 395 g/mol. The van der Waals surface area contributed by atoms with E-state index in [0.29, 0.717) is 43.2 Å². The third-order valence-electron chi connectivity index (χ3n) is 4.56. The highest BCUT2D eigenvalue weighted by Crippen LogP contribution is 2.29. The molecule has 0 aliphatic carbocycles. The van der Waals surface area contributed by atoms with E-state index in [0.717, 1.165) is 4.52 Å². The lowest BCUT2D eigenvalue weighted by molar-refractivity contribution is -0.144. The fourth-order valence-corrected chi connectivity index (χ4v) is 3.22. The molecule has 0 N–H and O–H groups in total. The summed E-state index contributed by atoms with van der Waals surface area (Å²) in [7, 11) is 0. The number of nitrogens with zero attached hydrogens (tertiary/aromatic N) is 5. The summed E-state index contributed by atoms with van der Waals surface area (Å²) in [5.41, 5.74) is 0.563. The SMILES string of the molecule is Cc1cc(N2CCC(Oc3ccc(F)cc3)CC2)n2nc(C(F)(F)F)nc2n1. The molecule has 0 bridgehead atoms. The van der Waals surface area contributed by atoms with Gasteiger partial charge in [0.15, 0.2) is 0 Å². The summed E-state index contributed by atoms with van der Waals surface area (Å²) in [6, 6.07) is 7.52. The Hall–Kier alpha value is -2.91. The van der Waals surface area contributed by atoms with Gasteiger partial charge in [0.2, 0.25) is 0 Å². The standard InChI is InChI=1S/C18H17F4N5O/c1-11-10-15(27-17(23-11)24-16(25-27)18(20,21)22)26-8-6-14(7-9-26)28-13-4-2-12(19)3-5-13/h2-5,10,14H,6-9H2,1H3. The number of anilines is 1. The highest BCUT2D eigenvalue weighted by molar-refractivity contribution is 5.48. The van der Waals surface area contributed by atoms with Crippen LogP contribution in [0, 0.1) is 12.7 Å². The largest absolute Gasteiger partial charge is 0.490 e. The molecule has 10 heteroatoms. The molecule has 1 saturated heterocycles. The molecular weight excluding hydrogens is 378 g/mol. The Kier molecular flexibility index (Phi) is 4.56. The summed E-state index contributed by atoms with van der Waals surface area (Å²) < 4.78 is 58.9. The van der Waals surface area contributed by atoms with Crippen molar-refractivity contribution in [1.29, 1.82) is 0 Å². The maximum absolute atomic E-state index is 13.0. The molecule has 1 aliphatic heterocycles. The number of hydrogen-bond acceptors (Lipinski definition) is 5. The molecular formula is C18H17F4N5O. The first-order chi connectivity index (χ1) is 13.3. The quantitative estimate of drug-likeness (QED) is 0.634. The third-order valence-corrected chi connectivity index (χ3v) is 4.56. The van der Waals surface area contributed by atoms with E-state index in [4.69, 9.17) is 4.74 Å². The lowest BCUT2D eigenvalue weighted by Crippen LogP contribution is -2.39. The van der Waals surface area contributed by atoms with E-state index >= 15 is 0 Å². The van der Waals surface area contributed by atoms with Crippen molar-refractivity contribution in [2.75, 3.05) is 18.0 Å². The minimum absolute atomic E-state index is 0.0541. The first kappa shape index (κ1) is 18.5. The summed E-state index contributed by atoms with van der Waals surface area (Å²) in [5.74, 6) is -0.502. The fraction of sp³-hybridized carbons (Fsp3) is 0.389. The van der Waals surface area contributed by atoms with Gasteiger partial charge in [0, 0.05) is 37.7 Å². The molecule has 0 amide bonds. The topological polar surface area (TPSA) is 55.6 Å². The van der Waals surface area contributed by atoms with Crippen LogP contribution in [0.2, 0.25) is 0 Å². The van der Waals surface area contributed by atoms with Crippen molar-refractivity contribution in [3.63, 3.8) is 0 Å². The number of hydrogen-bond donors (Lipinski definition) is 0. The van der Waals surface area contributed by atoms with E-state index in [1.807, 2.05) is 4.90 Å². The summed E-state index contributed by atoms with van der Waals surface area (Å²) in [5, 5.41) is 3.60. The van der Waals surface area contributed by atoms with Crippen LogP contribution >= 0.6 is 0 Å². The third kappa shape index (κ3) is 3.71. The normalized spacial score (nSPS) is 16.0. The van der Waals surface area contributed by atoms with Crippen molar-refractivity contribution in [3.05, 3.63) is 47.7 Å². The number of alkyl halides is 3. The molecule has 0 radical (unpaired) electrons. The van der Waals surface area contributed by atoms with Crippen molar-refractivity contribution in [2.45, 2.75) is 32.0 Å². The van der Waals surface area contributed by atoms with Gasteiger partial charge in [-0.15, -0.1) is 5.10 Å². The second-order valence-electron chi connectivity index (χ2n) is 6.66. The average molecular weight is 395 g/mol. The molecule has 0 atom stereocenters. The molecule has 0 saturated carbocycles. The van der Waals surface area contributed by atoms with Gasteiger partial charge >= 0.3 is 6.18 Å². The van der Waals surface area contributed by atoms with E-state index < -0.39 is 12.0 Å². The van der Waals surface area contributed by atoms with Gasteiger partial charge in [0.05, 0.1) is 0 Å². The Balaban J connectivity index is 1.51. The summed E-state index contributed by atoms with van der Waals surface area (Å²) in [4.78, 5) is 9.51. The zero-order chi connectivity index (χ0) is 19.9. The van der Waals surface area contributed by atoms with Crippen LogP contribution in [0.15, 0.2) is 30.3 Å². The van der Waals surface area contributed by atoms with Crippen molar-refractivity contribution in [2.24, 2.45) is 0 Å². The average Bonchev–Trinajstić information content (AvgIpc) is 3.08. The number of fused-ring (bicyclic) bond motifs is 1. The van der Waals surface area contributed by atoms with Crippen molar-refractivity contribution in [1.82, 2.24) is 19.6 Å². The maximum Gasteiger partial charge on any atom is 0.453 e. The number of aryl methyl sites for hydroxylation is 1. The smallest absolute Gasteiger partial charge is 0.453 e. The first-order valence-electron chi connectivity index (χ1n) is 8.78. The molecule has 1 fully saturated rings. The van der Waals surface area contributed by atoms with Gasteiger partial charge in [-0.3, -0.25) is 0 Å². The molecule has 3 heterocycles. The van der Waals surface area contributed by atoms with Crippen molar-refractivity contribution < 1.29 is 22.3 Å². The highest BCUT2D eigenvalue weighted by atomic mass is 19.4. The summed E-state index contributed by atoms with van der Waals surface area (Å²) in [6.07, 6.45) is -3.35. The molecule has 28 heavy (non-hydrogen) atoms. The van der Waals surface area contributed by atoms with E-state index in [1.54, 1.807) is 25.1 Å². The molecule has 3 aromatic rings. The lowest BCUT2D eigenvalue weighted by Gasteiger charge is -2.33. The predicted octanol–water partition coefficient (Wildman–Crippen LogP) is 3.64. The Morgan fingerprint density at radius 3 is 2.39 bits per heavy atom. The number of rotatable bonds is 3. The van der Waals surface area contributed by atoms with Gasteiger partial charge in [0.1, 0.15) is 23.5 Å². The predicted molar refractivity (Wildman–Crippen MR) is 92.8 cm³/mol. The van der Waals surface area contributed by atoms with Gasteiger partial charge in [-0.05, 0) is 31.2 Å². The highest BCUT2D eigenvalue weighted by Gasteiger charge is 2.37. The van der Waals surface area contributed by atoms with Crippen molar-refractivity contribution in [3.8, 4) is 5.75 Å². The number of aromatic nitrogens is 4. The van der Waals surface area contributed by atoms with E-state index in [1.165, 1.54) is 12.1 Å². The molecule has 0 spiro atoms. The maximum atomic E-state index is 13.0. The van der Waals surface area contributed by atoms with E-state index in [9.17, 15) is 17.6 Å². The van der Waals surface area contributed by atoms with Crippen LogP contribution in [0.4, 0.5) is 23.4 Å². The van der Waals surface area contributed by atoms with Gasteiger partial charge < -0.3 is 9.64 Å². The van der Waals surface area contributed by atoms with Crippen LogP contribution in [0.1, 0.15) is 24.4 Å². The molecule has 148 valence electrons. The van der Waals surface area contributed by atoms with Gasteiger partial charge in [-0.2, -0.15) is 22.7 Å². The molecule has 2 aromatic heterocycles. The number of benzene rings is 1. The number of ether oxygens (including phenoxy) is 1. The zero-order valence-electron chi connectivity index (χ0n) is 14.9. The molecule has 0 unspecified atom stereocenters. The van der Waals surface area contributed by atoms with Crippen LogP contribution in [0.25, 0.3) is 5.78 Å². The Labute approximate surface area is 157 Å². The van der Waals surface area contributed by atoms with Crippen molar-refractivity contribution >= 4 is 11.6 Å². The Bertz CT molecular complexity index is 978. The number of halogens is 4. The summed E-state index contributed by atoms with van der Waals surface area (Å²) in [6.45, 7) is 2.85. The van der Waals surface area contributed by atoms with Gasteiger partial charge in [-0.1, -0.05) is 0 Å². The molecule has 4 rings (SSSR count). The molecule has 1 aliphatic rings. The second-order valence-corrected chi connectivity index (χ2v) is 6.66. The Morgan fingerprint density at radius 1 is 1.07 bits per heavy atom. The van der Waals surface area contributed by atoms with Crippen LogP contribution in [0.3, 0.4) is 0 Å². The first-order valence-corrected chi connectivity index (χ1v) is 8.78. The minimum atomic E-state index is -4.63. The lowest BCUT2D eigenvalue weighted by atomic mass is 10.1. The van der Waals surface area contributed by atoms with Gasteiger partial charge in [0.25, 0.3) is 11.6 Å². The van der Waals surface area contributed by atoms with E-state index in [-0.39, 0.29) is 17.7 Å². The summed E-state index contributed by atoms with van der Waals surface area (Å²) >= 11 is 0. The fourth-order valence-electron chi connectivity index (χ4n) is 3.22.